The first-order valence-electron chi connectivity index (χ1n) is 10.1. The van der Waals surface area contributed by atoms with Crippen LogP contribution in [-0.2, 0) is 14.4 Å². The second-order valence-corrected chi connectivity index (χ2v) is 7.65. The van der Waals surface area contributed by atoms with Gasteiger partial charge in [0.1, 0.15) is 11.8 Å². The van der Waals surface area contributed by atoms with Crippen LogP contribution in [0.2, 0.25) is 0 Å². The topological polar surface area (TPSA) is 207 Å². The fourth-order valence-corrected chi connectivity index (χ4v) is 2.73. The van der Waals surface area contributed by atoms with Crippen molar-refractivity contribution in [3.63, 3.8) is 0 Å². The molecule has 0 spiro atoms. The molecule has 0 rings (SSSR count). The molecule has 13 nitrogen and oxygen atoms in total. The number of guanidine groups is 1. The summed E-state index contributed by atoms with van der Waals surface area (Å²) in [5.41, 5.74) is 1.64. The number of hydrogen-bond acceptors (Lipinski definition) is 8. The zero-order valence-electron chi connectivity index (χ0n) is 18.1. The Morgan fingerprint density at radius 1 is 1.13 bits per heavy atom. The minimum absolute atomic E-state index is 0.0487. The van der Waals surface area contributed by atoms with E-state index in [0.717, 1.165) is 0 Å². The molecule has 0 aliphatic rings. The standard InChI is InChI=1S/C17H33BN6O7/c1-11(2)10-14(18(28)29)22-16(27)13(21-15(26)8-4-6-12(3)25)7-5-9-20-17(19)23-24(30)31/h11,13-14,28-29H,4-10H2,1-3H3,(H,21,26)(H,22,27)(H3,19,20,23)/t13-,14-/m0/s1. The van der Waals surface area contributed by atoms with Crippen LogP contribution in [0.15, 0.2) is 0 Å². The van der Waals surface area contributed by atoms with Crippen LogP contribution in [0, 0.1) is 21.4 Å². The molecule has 0 unspecified atom stereocenters. The molecule has 0 fully saturated rings. The van der Waals surface area contributed by atoms with Crippen LogP contribution < -0.4 is 21.4 Å². The highest BCUT2D eigenvalue weighted by molar-refractivity contribution is 6.43. The zero-order chi connectivity index (χ0) is 24.0. The SMILES string of the molecule is CC(=O)CCCC(=O)N[C@@H](CCCNC(=N)N[N+](=O)[O-])C(=O)N[C@@H](CC(C)C)B(O)O. The van der Waals surface area contributed by atoms with Crippen LogP contribution in [-0.4, -0.2) is 64.3 Å². The van der Waals surface area contributed by atoms with Crippen molar-refractivity contribution >= 4 is 30.7 Å². The first kappa shape index (κ1) is 28.3. The summed E-state index contributed by atoms with van der Waals surface area (Å²) in [5.74, 6) is -2.43. The minimum Gasteiger partial charge on any atom is -0.426 e. The van der Waals surface area contributed by atoms with Crippen molar-refractivity contribution in [2.45, 2.75) is 71.3 Å². The first-order valence-corrected chi connectivity index (χ1v) is 10.1. The monoisotopic (exact) mass is 444 g/mol. The molecule has 0 aromatic rings. The van der Waals surface area contributed by atoms with Crippen LogP contribution in [0.3, 0.4) is 0 Å². The third-order valence-corrected chi connectivity index (χ3v) is 4.17. The van der Waals surface area contributed by atoms with Crippen molar-refractivity contribution in [1.82, 2.24) is 21.4 Å². The zero-order valence-corrected chi connectivity index (χ0v) is 18.1. The van der Waals surface area contributed by atoms with Crippen molar-refractivity contribution < 1.29 is 29.5 Å². The molecule has 0 radical (unpaired) electrons. The molecule has 0 heterocycles. The van der Waals surface area contributed by atoms with Gasteiger partial charge in [-0.05, 0) is 38.5 Å². The van der Waals surface area contributed by atoms with Crippen molar-refractivity contribution in [2.24, 2.45) is 5.92 Å². The molecule has 176 valence electrons. The van der Waals surface area contributed by atoms with Gasteiger partial charge in [0.2, 0.25) is 11.8 Å². The summed E-state index contributed by atoms with van der Waals surface area (Å²) in [6.07, 6.45) is 1.37. The Hall–Kier alpha value is -2.74. The number of hydrazine groups is 1. The van der Waals surface area contributed by atoms with E-state index in [0.29, 0.717) is 12.8 Å². The fourth-order valence-electron chi connectivity index (χ4n) is 2.73. The van der Waals surface area contributed by atoms with Gasteiger partial charge in [0.25, 0.3) is 5.96 Å². The lowest BCUT2D eigenvalue weighted by atomic mass is 9.75. The third-order valence-electron chi connectivity index (χ3n) is 4.17. The molecule has 2 atom stereocenters. The molecule has 0 saturated carbocycles. The Labute approximate surface area is 181 Å². The lowest BCUT2D eigenvalue weighted by Gasteiger charge is -2.24. The molecule has 7 N–H and O–H groups in total. The maximum atomic E-state index is 12.7. The number of amides is 2. The van der Waals surface area contributed by atoms with E-state index in [1.54, 1.807) is 5.43 Å². The van der Waals surface area contributed by atoms with Gasteiger partial charge in [0.05, 0.1) is 5.94 Å². The lowest BCUT2D eigenvalue weighted by molar-refractivity contribution is -0.525. The van der Waals surface area contributed by atoms with Crippen molar-refractivity contribution in [3.05, 3.63) is 10.1 Å². The summed E-state index contributed by atoms with van der Waals surface area (Å²) in [6, 6.07) is -0.988. The number of hydrogen-bond donors (Lipinski definition) is 7. The minimum atomic E-state index is -1.77. The molecule has 0 aliphatic heterocycles. The summed E-state index contributed by atoms with van der Waals surface area (Å²) < 4.78 is 0. The smallest absolute Gasteiger partial charge is 0.426 e. The second kappa shape index (κ2) is 15.1. The predicted octanol–water partition coefficient (Wildman–Crippen LogP) is -1.14. The Balaban J connectivity index is 4.92. The highest BCUT2D eigenvalue weighted by atomic mass is 16.7. The van der Waals surface area contributed by atoms with E-state index in [1.165, 1.54) is 6.92 Å². The number of nitrogens with one attached hydrogen (secondary N) is 5. The Bertz CT molecular complexity index is 632. The summed E-state index contributed by atoms with van der Waals surface area (Å²) >= 11 is 0. The number of nitro groups is 1. The number of nitrogens with zero attached hydrogens (tertiary/aromatic N) is 1. The largest absolute Gasteiger partial charge is 0.475 e. The summed E-state index contributed by atoms with van der Waals surface area (Å²) in [6.45, 7) is 5.26. The van der Waals surface area contributed by atoms with E-state index in [9.17, 15) is 34.5 Å². The molecular weight excluding hydrogens is 411 g/mol. The maximum absolute atomic E-state index is 12.7. The Morgan fingerprint density at radius 3 is 2.29 bits per heavy atom. The fraction of sp³-hybridized carbons (Fsp3) is 0.765. The Kier molecular flexibility index (Phi) is 13.8. The predicted molar refractivity (Wildman–Crippen MR) is 113 cm³/mol. The van der Waals surface area contributed by atoms with Crippen molar-refractivity contribution in [3.8, 4) is 0 Å². The summed E-state index contributed by atoms with van der Waals surface area (Å²) in [7, 11) is -1.77. The van der Waals surface area contributed by atoms with Crippen molar-refractivity contribution in [2.75, 3.05) is 6.54 Å². The van der Waals surface area contributed by atoms with Gasteiger partial charge in [-0.3, -0.25) is 15.0 Å². The van der Waals surface area contributed by atoms with E-state index in [4.69, 9.17) is 5.41 Å². The number of carbonyl (C=O) groups is 3. The first-order chi connectivity index (χ1) is 14.4. The van der Waals surface area contributed by atoms with Gasteiger partial charge in [-0.2, -0.15) is 0 Å². The van der Waals surface area contributed by atoms with Crippen molar-refractivity contribution in [1.29, 1.82) is 5.41 Å². The van der Waals surface area contributed by atoms with E-state index < -0.39 is 41.9 Å². The van der Waals surface area contributed by atoms with Gasteiger partial charge in [0.15, 0.2) is 5.03 Å². The molecule has 0 saturated heterocycles. The van der Waals surface area contributed by atoms with E-state index in [-0.39, 0.29) is 43.9 Å². The normalized spacial score (nSPS) is 12.5. The van der Waals surface area contributed by atoms with E-state index in [1.807, 2.05) is 13.8 Å². The van der Waals surface area contributed by atoms with E-state index >= 15 is 0 Å². The lowest BCUT2D eigenvalue weighted by Crippen LogP contribution is -2.54. The number of Topliss-reactive ketones (excluding diaryl/α,β-unsaturated/α-hetero) is 1. The molecule has 31 heavy (non-hydrogen) atoms. The van der Waals surface area contributed by atoms with Gasteiger partial charge in [-0.15, -0.1) is 0 Å². The second-order valence-electron chi connectivity index (χ2n) is 7.65. The van der Waals surface area contributed by atoms with Gasteiger partial charge >= 0.3 is 7.12 Å². The van der Waals surface area contributed by atoms with E-state index in [2.05, 4.69) is 16.0 Å². The van der Waals surface area contributed by atoms with Crippen LogP contribution in [0.5, 0.6) is 0 Å². The summed E-state index contributed by atoms with van der Waals surface area (Å²) in [4.78, 5) is 46.1. The van der Waals surface area contributed by atoms with Crippen LogP contribution in [0.25, 0.3) is 0 Å². The summed E-state index contributed by atoms with van der Waals surface area (Å²) in [5, 5.41) is 43.3. The van der Waals surface area contributed by atoms with Gasteiger partial charge in [-0.25, -0.2) is 10.1 Å². The third kappa shape index (κ3) is 14.8. The number of carbonyl (C=O) groups excluding carboxylic acids is 3. The molecule has 14 heteroatoms. The highest BCUT2D eigenvalue weighted by Gasteiger charge is 2.29. The molecule has 0 bridgehead atoms. The average molecular weight is 444 g/mol. The van der Waals surface area contributed by atoms with Crippen LogP contribution >= 0.6 is 0 Å². The molecule has 0 aliphatic carbocycles. The van der Waals surface area contributed by atoms with Gasteiger partial charge < -0.3 is 30.8 Å². The molecule has 2 amide bonds. The van der Waals surface area contributed by atoms with Crippen LogP contribution in [0.4, 0.5) is 0 Å². The van der Waals surface area contributed by atoms with Gasteiger partial charge in [0, 0.05) is 19.4 Å². The molecular formula is C17H33BN6O7. The number of rotatable bonds is 15. The Morgan fingerprint density at radius 2 is 1.77 bits per heavy atom. The maximum Gasteiger partial charge on any atom is 0.475 e. The molecule has 0 aromatic carbocycles. The van der Waals surface area contributed by atoms with Gasteiger partial charge in [-0.1, -0.05) is 19.3 Å². The number of ketones is 1. The quantitative estimate of drug-likeness (QED) is 0.0406. The molecule has 0 aromatic heterocycles. The highest BCUT2D eigenvalue weighted by Crippen LogP contribution is 2.08. The average Bonchev–Trinajstić information content (AvgIpc) is 2.62. The van der Waals surface area contributed by atoms with Crippen LogP contribution in [0.1, 0.15) is 59.3 Å².